The van der Waals surface area contributed by atoms with Crippen molar-refractivity contribution < 1.29 is 0 Å². The second-order valence-corrected chi connectivity index (χ2v) is 5.51. The van der Waals surface area contributed by atoms with Crippen LogP contribution in [-0.2, 0) is 0 Å². The predicted octanol–water partition coefficient (Wildman–Crippen LogP) is 3.38. The summed E-state index contributed by atoms with van der Waals surface area (Å²) in [6.07, 6.45) is 5.84. The van der Waals surface area contributed by atoms with Crippen LogP contribution in [0.1, 0.15) is 19.3 Å². The number of fused-ring (bicyclic) bond motifs is 1. The van der Waals surface area contributed by atoms with Crippen molar-refractivity contribution in [2.75, 3.05) is 16.8 Å². The molecular formula is C14H16BrN3. The van der Waals surface area contributed by atoms with E-state index < -0.39 is 0 Å². The molecule has 1 aromatic carbocycles. The van der Waals surface area contributed by atoms with Crippen molar-refractivity contribution in [2.45, 2.75) is 25.3 Å². The molecule has 0 atom stereocenters. The maximum Gasteiger partial charge on any atom is 0.0950 e. The minimum absolute atomic E-state index is 0.676. The Balaban J connectivity index is 2.04. The predicted molar refractivity (Wildman–Crippen MR) is 78.3 cm³/mol. The summed E-state index contributed by atoms with van der Waals surface area (Å²) in [6.45, 7) is 1.03. The van der Waals surface area contributed by atoms with Crippen molar-refractivity contribution in [3.63, 3.8) is 0 Å². The Morgan fingerprint density at radius 3 is 2.83 bits per heavy atom. The van der Waals surface area contributed by atoms with Gasteiger partial charge in [-0.1, -0.05) is 34.1 Å². The molecule has 1 aliphatic carbocycles. The zero-order chi connectivity index (χ0) is 12.4. The molecular weight excluding hydrogens is 290 g/mol. The SMILES string of the molecule is BrCCN(c1cnnc2ccccc12)C1CCC1. The quantitative estimate of drug-likeness (QED) is 0.811. The van der Waals surface area contributed by atoms with Gasteiger partial charge in [-0.2, -0.15) is 10.2 Å². The van der Waals surface area contributed by atoms with E-state index in [1.165, 1.54) is 30.3 Å². The van der Waals surface area contributed by atoms with E-state index >= 15 is 0 Å². The van der Waals surface area contributed by atoms with Gasteiger partial charge < -0.3 is 4.90 Å². The Labute approximate surface area is 115 Å². The van der Waals surface area contributed by atoms with E-state index in [0.717, 1.165) is 17.4 Å². The molecule has 18 heavy (non-hydrogen) atoms. The highest BCUT2D eigenvalue weighted by Gasteiger charge is 2.26. The molecule has 0 bridgehead atoms. The van der Waals surface area contributed by atoms with Gasteiger partial charge in [0, 0.05) is 23.3 Å². The lowest BCUT2D eigenvalue weighted by Gasteiger charge is -2.39. The molecule has 3 nitrogen and oxygen atoms in total. The van der Waals surface area contributed by atoms with Crippen LogP contribution in [0.4, 0.5) is 5.69 Å². The van der Waals surface area contributed by atoms with Crippen LogP contribution in [0, 0.1) is 0 Å². The summed E-state index contributed by atoms with van der Waals surface area (Å²) in [6, 6.07) is 8.92. The standard InChI is InChI=1S/C14H16BrN3/c15-8-9-18(11-4-3-5-11)14-10-16-17-13-7-2-1-6-12(13)14/h1-2,6-7,10-11H,3-5,8-9H2. The third-order valence-electron chi connectivity index (χ3n) is 3.68. The Morgan fingerprint density at radius 1 is 1.28 bits per heavy atom. The van der Waals surface area contributed by atoms with E-state index in [2.05, 4.69) is 43.2 Å². The number of nitrogens with zero attached hydrogens (tertiary/aromatic N) is 3. The lowest BCUT2D eigenvalue weighted by Crippen LogP contribution is -2.41. The fraction of sp³-hybridized carbons (Fsp3) is 0.429. The second kappa shape index (κ2) is 5.22. The van der Waals surface area contributed by atoms with Gasteiger partial charge in [0.05, 0.1) is 17.4 Å². The Kier molecular flexibility index (Phi) is 3.46. The molecule has 0 radical (unpaired) electrons. The summed E-state index contributed by atoms with van der Waals surface area (Å²) in [7, 11) is 0. The van der Waals surface area contributed by atoms with Crippen LogP contribution in [0.15, 0.2) is 30.5 Å². The fourth-order valence-corrected chi connectivity index (χ4v) is 2.89. The molecule has 0 unspecified atom stereocenters. The first-order chi connectivity index (χ1) is 8.90. The lowest BCUT2D eigenvalue weighted by molar-refractivity contribution is 0.391. The number of halogens is 1. The summed E-state index contributed by atoms with van der Waals surface area (Å²) in [5.41, 5.74) is 2.21. The number of anilines is 1. The summed E-state index contributed by atoms with van der Waals surface area (Å²) < 4.78 is 0. The van der Waals surface area contributed by atoms with Crippen LogP contribution in [0.25, 0.3) is 10.9 Å². The van der Waals surface area contributed by atoms with E-state index in [1.807, 2.05) is 18.3 Å². The first kappa shape index (κ1) is 11.9. The largest absolute Gasteiger partial charge is 0.366 e. The Hall–Kier alpha value is -1.16. The molecule has 0 saturated heterocycles. The third-order valence-corrected chi connectivity index (χ3v) is 4.03. The van der Waals surface area contributed by atoms with Gasteiger partial charge >= 0.3 is 0 Å². The van der Waals surface area contributed by atoms with Crippen molar-refractivity contribution >= 4 is 32.5 Å². The van der Waals surface area contributed by atoms with E-state index in [4.69, 9.17) is 0 Å². The topological polar surface area (TPSA) is 29.0 Å². The highest BCUT2D eigenvalue weighted by Crippen LogP contribution is 2.32. The minimum atomic E-state index is 0.676. The molecule has 1 saturated carbocycles. The van der Waals surface area contributed by atoms with Gasteiger partial charge in [0.2, 0.25) is 0 Å². The number of rotatable bonds is 4. The van der Waals surface area contributed by atoms with Gasteiger partial charge in [0.1, 0.15) is 0 Å². The zero-order valence-electron chi connectivity index (χ0n) is 10.2. The van der Waals surface area contributed by atoms with Crippen molar-refractivity contribution in [1.82, 2.24) is 10.2 Å². The van der Waals surface area contributed by atoms with Gasteiger partial charge in [0.15, 0.2) is 0 Å². The molecule has 1 heterocycles. The Bertz CT molecular complexity index is 534. The second-order valence-electron chi connectivity index (χ2n) is 4.71. The van der Waals surface area contributed by atoms with Gasteiger partial charge in [-0.3, -0.25) is 0 Å². The van der Waals surface area contributed by atoms with Gasteiger partial charge in [-0.15, -0.1) is 0 Å². The normalized spacial score (nSPS) is 15.6. The van der Waals surface area contributed by atoms with Crippen molar-refractivity contribution in [3.05, 3.63) is 30.5 Å². The Morgan fingerprint density at radius 2 is 2.11 bits per heavy atom. The molecule has 3 rings (SSSR count). The van der Waals surface area contributed by atoms with Crippen LogP contribution in [-0.4, -0.2) is 28.1 Å². The van der Waals surface area contributed by atoms with Crippen LogP contribution < -0.4 is 4.90 Å². The van der Waals surface area contributed by atoms with Gasteiger partial charge in [-0.05, 0) is 25.3 Å². The molecule has 0 aliphatic heterocycles. The molecule has 1 aliphatic rings. The summed E-state index contributed by atoms with van der Waals surface area (Å²) >= 11 is 3.56. The van der Waals surface area contributed by atoms with E-state index in [-0.39, 0.29) is 0 Å². The molecule has 4 heteroatoms. The molecule has 2 aromatic rings. The average Bonchev–Trinajstić information content (AvgIpc) is 2.35. The highest BCUT2D eigenvalue weighted by molar-refractivity contribution is 9.09. The molecule has 0 amide bonds. The number of benzene rings is 1. The first-order valence-electron chi connectivity index (χ1n) is 6.43. The summed E-state index contributed by atoms with van der Waals surface area (Å²) in [5.74, 6) is 0. The highest BCUT2D eigenvalue weighted by atomic mass is 79.9. The molecule has 1 fully saturated rings. The fourth-order valence-electron chi connectivity index (χ4n) is 2.51. The molecule has 1 aromatic heterocycles. The van der Waals surface area contributed by atoms with Crippen LogP contribution in [0.5, 0.6) is 0 Å². The first-order valence-corrected chi connectivity index (χ1v) is 7.55. The maximum atomic E-state index is 4.20. The summed E-state index contributed by atoms with van der Waals surface area (Å²) in [4.78, 5) is 2.48. The average molecular weight is 306 g/mol. The van der Waals surface area contributed by atoms with Crippen molar-refractivity contribution in [2.24, 2.45) is 0 Å². The maximum absolute atomic E-state index is 4.20. The van der Waals surface area contributed by atoms with Crippen LogP contribution in [0.3, 0.4) is 0 Å². The van der Waals surface area contributed by atoms with E-state index in [1.54, 1.807) is 0 Å². The number of hydrogen-bond acceptors (Lipinski definition) is 3. The smallest absolute Gasteiger partial charge is 0.0950 e. The number of hydrogen-bond donors (Lipinski definition) is 0. The number of alkyl halides is 1. The zero-order valence-corrected chi connectivity index (χ0v) is 11.8. The van der Waals surface area contributed by atoms with Crippen LogP contribution in [0.2, 0.25) is 0 Å². The van der Waals surface area contributed by atoms with Crippen LogP contribution >= 0.6 is 15.9 Å². The lowest BCUT2D eigenvalue weighted by atomic mass is 9.91. The third kappa shape index (κ3) is 2.09. The van der Waals surface area contributed by atoms with E-state index in [9.17, 15) is 0 Å². The van der Waals surface area contributed by atoms with Crippen molar-refractivity contribution in [1.29, 1.82) is 0 Å². The molecule has 0 spiro atoms. The van der Waals surface area contributed by atoms with E-state index in [0.29, 0.717) is 6.04 Å². The van der Waals surface area contributed by atoms with Gasteiger partial charge in [-0.25, -0.2) is 0 Å². The molecule has 94 valence electrons. The molecule has 0 N–H and O–H groups in total. The number of aromatic nitrogens is 2. The minimum Gasteiger partial charge on any atom is -0.366 e. The monoisotopic (exact) mass is 305 g/mol. The van der Waals surface area contributed by atoms with Crippen molar-refractivity contribution in [3.8, 4) is 0 Å². The summed E-state index contributed by atoms with van der Waals surface area (Å²) in [5, 5.41) is 10.5. The van der Waals surface area contributed by atoms with Gasteiger partial charge in [0.25, 0.3) is 0 Å².